The summed E-state index contributed by atoms with van der Waals surface area (Å²) in [6, 6.07) is -0.744. The molecule has 3 rings (SSSR count). The number of aromatic nitrogens is 2. The van der Waals surface area contributed by atoms with Crippen molar-refractivity contribution in [3.05, 3.63) is 17.0 Å². The molecule has 2 heterocycles. The van der Waals surface area contributed by atoms with E-state index in [0.717, 1.165) is 36.9 Å². The predicted octanol–water partition coefficient (Wildman–Crippen LogP) is 0.348. The van der Waals surface area contributed by atoms with Gasteiger partial charge in [0, 0.05) is 36.9 Å². The predicted molar refractivity (Wildman–Crippen MR) is 98.4 cm³/mol. The molecule has 1 aromatic rings. The molecule has 8 nitrogen and oxygen atoms in total. The van der Waals surface area contributed by atoms with E-state index in [4.69, 9.17) is 11.5 Å². The molecule has 0 unspecified atom stereocenters. The van der Waals surface area contributed by atoms with Gasteiger partial charge in [-0.25, -0.2) is 9.97 Å². The zero-order valence-corrected chi connectivity index (χ0v) is 15.6. The molecular formula is C18H28N6O2. The van der Waals surface area contributed by atoms with E-state index in [9.17, 15) is 9.59 Å². The van der Waals surface area contributed by atoms with Crippen LogP contribution in [0.4, 0.5) is 5.95 Å². The first-order valence-electron chi connectivity index (χ1n) is 9.46. The number of aryl methyl sites for hydroxylation is 1. The Labute approximate surface area is 153 Å². The number of hydrogen-bond acceptors (Lipinski definition) is 6. The highest BCUT2D eigenvalue weighted by Gasteiger charge is 2.41. The molecule has 2 atom stereocenters. The monoisotopic (exact) mass is 360 g/mol. The van der Waals surface area contributed by atoms with E-state index < -0.39 is 6.04 Å². The molecule has 1 aliphatic heterocycles. The molecule has 26 heavy (non-hydrogen) atoms. The van der Waals surface area contributed by atoms with Crippen LogP contribution in [0.1, 0.15) is 54.9 Å². The zero-order chi connectivity index (χ0) is 18.8. The van der Waals surface area contributed by atoms with Gasteiger partial charge in [0.15, 0.2) is 0 Å². The average Bonchev–Trinajstić information content (AvgIpc) is 3.03. The fourth-order valence-electron chi connectivity index (χ4n) is 4.00. The van der Waals surface area contributed by atoms with E-state index >= 15 is 0 Å². The topological polar surface area (TPSA) is 118 Å². The number of nitrogens with two attached hydrogens (primary N) is 2. The third-order valence-corrected chi connectivity index (χ3v) is 5.36. The van der Waals surface area contributed by atoms with Gasteiger partial charge in [0.2, 0.25) is 11.9 Å². The fraction of sp³-hybridized carbons (Fsp3) is 0.667. The Morgan fingerprint density at radius 1 is 1.19 bits per heavy atom. The van der Waals surface area contributed by atoms with Gasteiger partial charge in [0.05, 0.1) is 0 Å². The van der Waals surface area contributed by atoms with Crippen molar-refractivity contribution in [1.82, 2.24) is 19.8 Å². The number of nitrogens with zero attached hydrogens (tertiary/aromatic N) is 4. The molecule has 1 aliphatic carbocycles. The molecule has 0 spiro atoms. The molecule has 1 aromatic heterocycles. The maximum Gasteiger partial charge on any atom is 0.273 e. The van der Waals surface area contributed by atoms with Crippen LogP contribution in [0.2, 0.25) is 0 Å². The summed E-state index contributed by atoms with van der Waals surface area (Å²) in [4.78, 5) is 38.0. The highest BCUT2D eigenvalue weighted by Crippen LogP contribution is 2.27. The lowest BCUT2D eigenvalue weighted by molar-refractivity contribution is -0.134. The van der Waals surface area contributed by atoms with E-state index in [1.54, 1.807) is 9.80 Å². The van der Waals surface area contributed by atoms with E-state index in [-0.39, 0.29) is 23.8 Å². The average molecular weight is 360 g/mol. The molecular weight excluding hydrogens is 332 g/mol. The molecule has 1 fully saturated rings. The Bertz CT molecular complexity index is 703. The molecule has 2 amide bonds. The Morgan fingerprint density at radius 2 is 1.88 bits per heavy atom. The summed E-state index contributed by atoms with van der Waals surface area (Å²) >= 11 is 0. The molecule has 4 N–H and O–H groups in total. The lowest BCUT2D eigenvalue weighted by Crippen LogP contribution is -2.48. The number of rotatable bonds is 4. The van der Waals surface area contributed by atoms with Crippen LogP contribution in [0.3, 0.4) is 0 Å². The van der Waals surface area contributed by atoms with Crippen LogP contribution >= 0.6 is 0 Å². The number of carbonyl (C=O) groups is 2. The minimum atomic E-state index is -0.534. The van der Waals surface area contributed by atoms with E-state index in [0.29, 0.717) is 31.7 Å². The Kier molecular flexibility index (Phi) is 5.41. The van der Waals surface area contributed by atoms with Crippen LogP contribution in [0, 0.1) is 0 Å². The summed E-state index contributed by atoms with van der Waals surface area (Å²) in [5.74, 6) is -0.188. The van der Waals surface area contributed by atoms with Gasteiger partial charge >= 0.3 is 0 Å². The zero-order valence-electron chi connectivity index (χ0n) is 15.6. The standard InChI is InChI=1S/C18H28N6O2/c1-3-23(4-2)16(25)14-9-11(19)10-24(14)17(26)15-12-7-5-6-8-13(12)21-18(20)22-15/h11,14H,3-10,19H2,1-2H3,(H2,20,21,22)/t11-,14+/m1/s1. The van der Waals surface area contributed by atoms with Crippen LogP contribution in [-0.2, 0) is 17.6 Å². The maximum absolute atomic E-state index is 13.3. The van der Waals surface area contributed by atoms with Gasteiger partial charge in [-0.3, -0.25) is 9.59 Å². The Balaban J connectivity index is 1.93. The summed E-state index contributed by atoms with van der Waals surface area (Å²) in [7, 11) is 0. The van der Waals surface area contributed by atoms with Gasteiger partial charge < -0.3 is 21.3 Å². The second-order valence-electron chi connectivity index (χ2n) is 7.04. The maximum atomic E-state index is 13.3. The van der Waals surface area contributed by atoms with Crippen LogP contribution < -0.4 is 11.5 Å². The summed E-state index contributed by atoms with van der Waals surface area (Å²) in [5, 5.41) is 0. The van der Waals surface area contributed by atoms with Crippen LogP contribution in [-0.4, -0.2) is 63.3 Å². The number of nitrogen functional groups attached to an aromatic ring is 1. The first-order chi connectivity index (χ1) is 12.5. The largest absolute Gasteiger partial charge is 0.368 e. The van der Waals surface area contributed by atoms with Gasteiger partial charge in [-0.15, -0.1) is 0 Å². The fourth-order valence-corrected chi connectivity index (χ4v) is 4.00. The summed E-state index contributed by atoms with van der Waals surface area (Å²) in [6.45, 7) is 5.45. The molecule has 8 heteroatoms. The van der Waals surface area contributed by atoms with Gasteiger partial charge in [0.1, 0.15) is 11.7 Å². The minimum absolute atomic E-state index is 0.0489. The molecule has 0 radical (unpaired) electrons. The lowest BCUT2D eigenvalue weighted by Gasteiger charge is -2.29. The van der Waals surface area contributed by atoms with Crippen molar-refractivity contribution in [2.75, 3.05) is 25.4 Å². The van der Waals surface area contributed by atoms with Crippen molar-refractivity contribution in [3.8, 4) is 0 Å². The second kappa shape index (κ2) is 7.57. The van der Waals surface area contributed by atoms with Crippen LogP contribution in [0.15, 0.2) is 0 Å². The molecule has 1 saturated heterocycles. The summed E-state index contributed by atoms with van der Waals surface area (Å²) in [6.07, 6.45) is 4.09. The van der Waals surface area contributed by atoms with Gasteiger partial charge in [-0.2, -0.15) is 0 Å². The Morgan fingerprint density at radius 3 is 2.58 bits per heavy atom. The summed E-state index contributed by atoms with van der Waals surface area (Å²) in [5.41, 5.74) is 14.0. The number of likely N-dealkylation sites (N-methyl/N-ethyl adjacent to an activating group) is 1. The quantitative estimate of drug-likeness (QED) is 0.800. The number of fused-ring (bicyclic) bond motifs is 1. The molecule has 0 bridgehead atoms. The number of hydrogen-bond donors (Lipinski definition) is 2. The highest BCUT2D eigenvalue weighted by atomic mass is 16.2. The van der Waals surface area contributed by atoms with Gasteiger partial charge in [-0.05, 0) is 46.0 Å². The van der Waals surface area contributed by atoms with Crippen LogP contribution in [0.5, 0.6) is 0 Å². The molecule has 2 aliphatic rings. The van der Waals surface area contributed by atoms with Gasteiger partial charge in [-0.1, -0.05) is 0 Å². The van der Waals surface area contributed by atoms with E-state index in [1.165, 1.54) is 0 Å². The third kappa shape index (κ3) is 3.38. The first-order valence-corrected chi connectivity index (χ1v) is 9.46. The van der Waals surface area contributed by atoms with Crippen molar-refractivity contribution in [2.24, 2.45) is 5.73 Å². The number of carbonyl (C=O) groups excluding carboxylic acids is 2. The van der Waals surface area contributed by atoms with Crippen molar-refractivity contribution in [2.45, 2.75) is 58.0 Å². The number of anilines is 1. The second-order valence-corrected chi connectivity index (χ2v) is 7.04. The van der Waals surface area contributed by atoms with E-state index in [2.05, 4.69) is 9.97 Å². The Hall–Kier alpha value is -2.22. The normalized spacial score (nSPS) is 22.2. The lowest BCUT2D eigenvalue weighted by atomic mass is 9.94. The van der Waals surface area contributed by atoms with Gasteiger partial charge in [0.25, 0.3) is 5.91 Å². The summed E-state index contributed by atoms with van der Waals surface area (Å²) < 4.78 is 0. The first kappa shape index (κ1) is 18.6. The van der Waals surface area contributed by atoms with Crippen molar-refractivity contribution < 1.29 is 9.59 Å². The molecule has 0 aromatic carbocycles. The van der Waals surface area contributed by atoms with Crippen molar-refractivity contribution in [3.63, 3.8) is 0 Å². The molecule has 0 saturated carbocycles. The van der Waals surface area contributed by atoms with Crippen LogP contribution in [0.25, 0.3) is 0 Å². The minimum Gasteiger partial charge on any atom is -0.368 e. The van der Waals surface area contributed by atoms with Crippen molar-refractivity contribution >= 4 is 17.8 Å². The van der Waals surface area contributed by atoms with Crippen molar-refractivity contribution in [1.29, 1.82) is 0 Å². The SMILES string of the molecule is CCN(CC)C(=O)[C@@H]1C[C@@H](N)CN1C(=O)c1nc(N)nc2c1CCCC2. The number of likely N-dealkylation sites (tertiary alicyclic amines) is 1. The molecule has 142 valence electrons. The number of amides is 2. The van der Waals surface area contributed by atoms with E-state index in [1.807, 2.05) is 13.8 Å². The third-order valence-electron chi connectivity index (χ3n) is 5.36. The smallest absolute Gasteiger partial charge is 0.273 e. The highest BCUT2D eigenvalue weighted by molar-refractivity contribution is 5.98.